The van der Waals surface area contributed by atoms with Crippen LogP contribution in [0.4, 0.5) is 15.8 Å². The van der Waals surface area contributed by atoms with Crippen LogP contribution in [0.15, 0.2) is 77.2 Å². The zero-order chi connectivity index (χ0) is 24.4. The van der Waals surface area contributed by atoms with Gasteiger partial charge in [0.15, 0.2) is 0 Å². The lowest BCUT2D eigenvalue weighted by Gasteiger charge is -2.35. The molecule has 0 spiro atoms. The van der Waals surface area contributed by atoms with Gasteiger partial charge in [0.1, 0.15) is 17.1 Å². The van der Waals surface area contributed by atoms with Crippen molar-refractivity contribution in [1.29, 1.82) is 0 Å². The number of para-hydroxylation sites is 2. The Labute approximate surface area is 202 Å². The van der Waals surface area contributed by atoms with E-state index in [2.05, 4.69) is 5.32 Å². The van der Waals surface area contributed by atoms with E-state index < -0.39 is 0 Å². The summed E-state index contributed by atoms with van der Waals surface area (Å²) in [6.45, 7) is 3.83. The standard InChI is InChI=1S/C28H26FN3O3/c1-19-10-12-20(13-11-19)18-25(33)30-26-21-6-2-5-9-24(21)35-27(26)28(34)32-16-14-31(15-17-32)23-8-4-3-7-22(23)29/h2-13H,14-18H2,1H3,(H,30,33). The van der Waals surface area contributed by atoms with Crippen molar-refractivity contribution in [3.63, 3.8) is 0 Å². The maximum Gasteiger partial charge on any atom is 0.291 e. The molecule has 1 aliphatic rings. The third kappa shape index (κ3) is 4.75. The summed E-state index contributed by atoms with van der Waals surface area (Å²) in [5.41, 5.74) is 3.47. The van der Waals surface area contributed by atoms with Gasteiger partial charge in [-0.3, -0.25) is 9.59 Å². The first-order valence-corrected chi connectivity index (χ1v) is 11.7. The van der Waals surface area contributed by atoms with Crippen LogP contribution in [0.25, 0.3) is 11.0 Å². The summed E-state index contributed by atoms with van der Waals surface area (Å²) in [5.74, 6) is -0.676. The lowest BCUT2D eigenvalue weighted by atomic mass is 10.1. The number of piperazine rings is 1. The molecule has 4 aromatic rings. The molecule has 0 atom stereocenters. The number of carbonyl (C=O) groups is 2. The highest BCUT2D eigenvalue weighted by Gasteiger charge is 2.29. The number of hydrogen-bond donors (Lipinski definition) is 1. The number of aryl methyl sites for hydroxylation is 1. The molecule has 0 bridgehead atoms. The number of hydrogen-bond acceptors (Lipinski definition) is 4. The minimum absolute atomic E-state index is 0.114. The largest absolute Gasteiger partial charge is 0.449 e. The van der Waals surface area contributed by atoms with Crippen molar-refractivity contribution >= 4 is 34.2 Å². The van der Waals surface area contributed by atoms with E-state index in [1.165, 1.54) is 6.07 Å². The van der Waals surface area contributed by atoms with Crippen LogP contribution in [-0.4, -0.2) is 42.9 Å². The van der Waals surface area contributed by atoms with E-state index in [0.29, 0.717) is 48.5 Å². The van der Waals surface area contributed by atoms with Crippen LogP contribution < -0.4 is 10.2 Å². The predicted molar refractivity (Wildman–Crippen MR) is 134 cm³/mol. The van der Waals surface area contributed by atoms with Gasteiger partial charge in [0, 0.05) is 31.6 Å². The number of nitrogens with zero attached hydrogens (tertiary/aromatic N) is 2. The highest BCUT2D eigenvalue weighted by molar-refractivity contribution is 6.11. The van der Waals surface area contributed by atoms with E-state index in [4.69, 9.17) is 4.42 Å². The fraction of sp³-hybridized carbons (Fsp3) is 0.214. The Hall–Kier alpha value is -4.13. The fourth-order valence-corrected chi connectivity index (χ4v) is 4.40. The number of rotatable bonds is 5. The molecule has 35 heavy (non-hydrogen) atoms. The average Bonchev–Trinajstić information content (AvgIpc) is 3.23. The van der Waals surface area contributed by atoms with Gasteiger partial charge < -0.3 is 19.5 Å². The highest BCUT2D eigenvalue weighted by Crippen LogP contribution is 2.32. The average molecular weight is 472 g/mol. The molecule has 2 heterocycles. The molecule has 6 nitrogen and oxygen atoms in total. The summed E-state index contributed by atoms with van der Waals surface area (Å²) in [6, 6.07) is 21.7. The molecule has 1 N–H and O–H groups in total. The number of amides is 2. The summed E-state index contributed by atoms with van der Waals surface area (Å²) in [5, 5.41) is 3.60. The lowest BCUT2D eigenvalue weighted by molar-refractivity contribution is -0.115. The normalized spacial score (nSPS) is 13.8. The van der Waals surface area contributed by atoms with Gasteiger partial charge >= 0.3 is 0 Å². The van der Waals surface area contributed by atoms with Crippen molar-refractivity contribution in [2.24, 2.45) is 0 Å². The molecule has 1 aromatic heterocycles. The van der Waals surface area contributed by atoms with Crippen LogP contribution in [0.3, 0.4) is 0 Å². The summed E-state index contributed by atoms with van der Waals surface area (Å²) in [6.07, 6.45) is 0.189. The zero-order valence-corrected chi connectivity index (χ0v) is 19.5. The van der Waals surface area contributed by atoms with Crippen molar-refractivity contribution in [3.05, 3.63) is 95.5 Å². The van der Waals surface area contributed by atoms with Crippen LogP contribution in [0, 0.1) is 12.7 Å². The Morgan fingerprint density at radius 3 is 2.34 bits per heavy atom. The molecule has 1 saturated heterocycles. The molecule has 1 aliphatic heterocycles. The Kier molecular flexibility index (Phi) is 6.23. The van der Waals surface area contributed by atoms with Crippen molar-refractivity contribution in [3.8, 4) is 0 Å². The second-order valence-corrected chi connectivity index (χ2v) is 8.74. The molecule has 0 unspecified atom stereocenters. The number of anilines is 2. The van der Waals surface area contributed by atoms with Gasteiger partial charge in [0.05, 0.1) is 12.1 Å². The Morgan fingerprint density at radius 2 is 1.60 bits per heavy atom. The maximum atomic E-state index is 14.2. The second-order valence-electron chi connectivity index (χ2n) is 8.74. The summed E-state index contributed by atoms with van der Waals surface area (Å²) in [4.78, 5) is 30.0. The van der Waals surface area contributed by atoms with E-state index >= 15 is 0 Å². The Balaban J connectivity index is 1.35. The minimum Gasteiger partial charge on any atom is -0.449 e. The number of benzene rings is 3. The molecular formula is C28H26FN3O3. The molecule has 7 heteroatoms. The quantitative estimate of drug-likeness (QED) is 0.444. The first kappa shape index (κ1) is 22.7. The van der Waals surface area contributed by atoms with Gasteiger partial charge in [-0.2, -0.15) is 0 Å². The molecule has 5 rings (SSSR count). The number of nitrogens with one attached hydrogen (secondary N) is 1. The molecular weight excluding hydrogens is 445 g/mol. The van der Waals surface area contributed by atoms with E-state index in [1.807, 2.05) is 54.3 Å². The predicted octanol–water partition coefficient (Wildman–Crippen LogP) is 5.02. The Morgan fingerprint density at radius 1 is 0.914 bits per heavy atom. The maximum absolute atomic E-state index is 14.2. The molecule has 1 fully saturated rings. The molecule has 178 valence electrons. The fourth-order valence-electron chi connectivity index (χ4n) is 4.40. The second kappa shape index (κ2) is 9.62. The Bertz CT molecular complexity index is 1370. The third-order valence-corrected chi connectivity index (χ3v) is 6.30. The molecule has 0 aliphatic carbocycles. The van der Waals surface area contributed by atoms with E-state index in [9.17, 15) is 14.0 Å². The van der Waals surface area contributed by atoms with Crippen LogP contribution in [0.2, 0.25) is 0 Å². The van der Waals surface area contributed by atoms with Crippen LogP contribution in [0.5, 0.6) is 0 Å². The van der Waals surface area contributed by atoms with E-state index in [1.54, 1.807) is 29.2 Å². The number of carbonyl (C=O) groups excluding carboxylic acids is 2. The van der Waals surface area contributed by atoms with Crippen LogP contribution >= 0.6 is 0 Å². The van der Waals surface area contributed by atoms with Crippen molar-refractivity contribution in [2.45, 2.75) is 13.3 Å². The molecule has 3 aromatic carbocycles. The van der Waals surface area contributed by atoms with Crippen molar-refractivity contribution < 1.29 is 18.4 Å². The monoisotopic (exact) mass is 471 g/mol. The molecule has 0 saturated carbocycles. The first-order chi connectivity index (χ1) is 17.0. The van der Waals surface area contributed by atoms with Crippen LogP contribution in [0.1, 0.15) is 21.7 Å². The van der Waals surface area contributed by atoms with E-state index in [-0.39, 0.29) is 29.8 Å². The lowest BCUT2D eigenvalue weighted by Crippen LogP contribution is -2.49. The van der Waals surface area contributed by atoms with Gasteiger partial charge in [-0.15, -0.1) is 0 Å². The van der Waals surface area contributed by atoms with Crippen molar-refractivity contribution in [2.75, 3.05) is 36.4 Å². The topological polar surface area (TPSA) is 65.8 Å². The van der Waals surface area contributed by atoms with Gasteiger partial charge in [-0.05, 0) is 36.8 Å². The SMILES string of the molecule is Cc1ccc(CC(=O)Nc2c(C(=O)N3CCN(c4ccccc4F)CC3)oc3ccccc23)cc1. The number of halogens is 1. The van der Waals surface area contributed by atoms with E-state index in [0.717, 1.165) is 11.1 Å². The smallest absolute Gasteiger partial charge is 0.291 e. The van der Waals surface area contributed by atoms with Gasteiger partial charge in [-0.25, -0.2) is 4.39 Å². The summed E-state index contributed by atoms with van der Waals surface area (Å²) >= 11 is 0. The number of fused-ring (bicyclic) bond motifs is 1. The van der Waals surface area contributed by atoms with Gasteiger partial charge in [0.25, 0.3) is 5.91 Å². The summed E-state index contributed by atoms with van der Waals surface area (Å²) < 4.78 is 20.1. The van der Waals surface area contributed by atoms with Gasteiger partial charge in [0.2, 0.25) is 11.7 Å². The van der Waals surface area contributed by atoms with Crippen LogP contribution in [-0.2, 0) is 11.2 Å². The van der Waals surface area contributed by atoms with Crippen molar-refractivity contribution in [1.82, 2.24) is 4.90 Å². The summed E-state index contributed by atoms with van der Waals surface area (Å²) in [7, 11) is 0. The van der Waals surface area contributed by atoms with Gasteiger partial charge in [-0.1, -0.05) is 54.1 Å². The first-order valence-electron chi connectivity index (χ1n) is 11.7. The molecule has 0 radical (unpaired) electrons. The zero-order valence-electron chi connectivity index (χ0n) is 19.5. The minimum atomic E-state index is -0.292. The third-order valence-electron chi connectivity index (χ3n) is 6.30. The highest BCUT2D eigenvalue weighted by atomic mass is 19.1. The number of furan rings is 1. The molecule has 2 amide bonds.